The number of hydrogen-bond donors (Lipinski definition) is 0. The van der Waals surface area contributed by atoms with Crippen molar-refractivity contribution >= 4 is 5.78 Å². The van der Waals surface area contributed by atoms with Crippen molar-refractivity contribution in [2.24, 2.45) is 11.8 Å². The summed E-state index contributed by atoms with van der Waals surface area (Å²) in [6.07, 6.45) is 4.29. The van der Waals surface area contributed by atoms with Gasteiger partial charge in [0.05, 0.1) is 12.0 Å². The van der Waals surface area contributed by atoms with Crippen molar-refractivity contribution < 1.29 is 4.79 Å². The Kier molecular flexibility index (Phi) is 1.32. The molecule has 0 saturated heterocycles. The largest absolute Gasteiger partial charge is 0.295 e. The first kappa shape index (κ1) is 6.60. The summed E-state index contributed by atoms with van der Waals surface area (Å²) in [5.41, 5.74) is 1.22. The molecule has 0 aromatic rings. The standard InChI is InChI=1S/C9H9NO/c10-5-7-4-9(7)6-1-2-8(11)3-6/h3,7,9H,1-2,4H2/t7-,9-/m1/s1. The fourth-order valence-corrected chi connectivity index (χ4v) is 1.66. The van der Waals surface area contributed by atoms with Crippen molar-refractivity contribution in [2.45, 2.75) is 19.3 Å². The minimum absolute atomic E-state index is 0.215. The number of carbonyl (C=O) groups excluding carboxylic acids is 1. The second kappa shape index (κ2) is 2.20. The maximum atomic E-state index is 10.8. The van der Waals surface area contributed by atoms with Gasteiger partial charge in [0.1, 0.15) is 0 Å². The van der Waals surface area contributed by atoms with Crippen molar-refractivity contribution in [3.05, 3.63) is 11.6 Å². The highest BCUT2D eigenvalue weighted by Gasteiger charge is 2.41. The van der Waals surface area contributed by atoms with Gasteiger partial charge >= 0.3 is 0 Å². The van der Waals surface area contributed by atoms with Crippen molar-refractivity contribution in [1.82, 2.24) is 0 Å². The van der Waals surface area contributed by atoms with Crippen LogP contribution in [0.1, 0.15) is 19.3 Å². The molecule has 2 rings (SSSR count). The molecular weight excluding hydrogens is 138 g/mol. The molecule has 2 aliphatic rings. The highest BCUT2D eigenvalue weighted by molar-refractivity contribution is 5.93. The number of allylic oxidation sites excluding steroid dienone is 2. The Bertz CT molecular complexity index is 272. The third-order valence-corrected chi connectivity index (χ3v) is 2.44. The average molecular weight is 147 g/mol. The van der Waals surface area contributed by atoms with E-state index < -0.39 is 0 Å². The normalized spacial score (nSPS) is 34.8. The topological polar surface area (TPSA) is 40.9 Å². The van der Waals surface area contributed by atoms with Gasteiger partial charge in [0.25, 0.3) is 0 Å². The summed E-state index contributed by atoms with van der Waals surface area (Å²) in [5.74, 6) is 0.891. The monoisotopic (exact) mass is 147 g/mol. The van der Waals surface area contributed by atoms with Gasteiger partial charge in [-0.2, -0.15) is 5.26 Å². The van der Waals surface area contributed by atoms with E-state index in [0.717, 1.165) is 12.8 Å². The summed E-state index contributed by atoms with van der Waals surface area (Å²) >= 11 is 0. The first-order valence-corrected chi connectivity index (χ1v) is 3.94. The van der Waals surface area contributed by atoms with Crippen LogP contribution in [0.15, 0.2) is 11.6 Å². The molecule has 2 aliphatic carbocycles. The van der Waals surface area contributed by atoms with Crippen LogP contribution < -0.4 is 0 Å². The van der Waals surface area contributed by atoms with E-state index in [1.54, 1.807) is 6.08 Å². The molecule has 0 unspecified atom stereocenters. The lowest BCUT2D eigenvalue weighted by molar-refractivity contribution is -0.114. The zero-order valence-electron chi connectivity index (χ0n) is 6.21. The number of ketones is 1. The quantitative estimate of drug-likeness (QED) is 0.563. The van der Waals surface area contributed by atoms with Crippen LogP contribution in [-0.2, 0) is 4.79 Å². The Morgan fingerprint density at radius 1 is 1.55 bits per heavy atom. The molecule has 0 bridgehead atoms. The van der Waals surface area contributed by atoms with Crippen LogP contribution in [0.2, 0.25) is 0 Å². The van der Waals surface area contributed by atoms with Crippen LogP contribution in [0.25, 0.3) is 0 Å². The molecule has 0 aromatic carbocycles. The molecule has 0 spiro atoms. The van der Waals surface area contributed by atoms with Crippen LogP contribution in [0, 0.1) is 23.2 Å². The molecule has 1 fully saturated rings. The average Bonchev–Trinajstić information content (AvgIpc) is 2.68. The Hall–Kier alpha value is -1.10. The first-order valence-electron chi connectivity index (χ1n) is 3.94. The molecular formula is C9H9NO. The molecule has 0 aromatic heterocycles. The fraction of sp³-hybridized carbons (Fsp3) is 0.556. The summed E-state index contributed by atoms with van der Waals surface area (Å²) in [7, 11) is 0. The SMILES string of the molecule is N#C[C@H]1C[C@@H]1C1=CC(=O)CC1. The Labute approximate surface area is 65.5 Å². The summed E-state index contributed by atoms with van der Waals surface area (Å²) in [5, 5.41) is 8.54. The third-order valence-electron chi connectivity index (χ3n) is 2.44. The highest BCUT2D eigenvalue weighted by atomic mass is 16.1. The van der Waals surface area contributed by atoms with Gasteiger partial charge in [0, 0.05) is 6.42 Å². The van der Waals surface area contributed by atoms with E-state index >= 15 is 0 Å². The van der Waals surface area contributed by atoms with Crippen LogP contribution >= 0.6 is 0 Å². The Morgan fingerprint density at radius 3 is 2.82 bits per heavy atom. The molecule has 0 N–H and O–H groups in total. The zero-order valence-corrected chi connectivity index (χ0v) is 6.21. The van der Waals surface area contributed by atoms with Gasteiger partial charge < -0.3 is 0 Å². The Morgan fingerprint density at radius 2 is 2.36 bits per heavy atom. The third kappa shape index (κ3) is 1.07. The summed E-state index contributed by atoms with van der Waals surface area (Å²) in [6.45, 7) is 0. The molecule has 1 saturated carbocycles. The van der Waals surface area contributed by atoms with E-state index in [1.807, 2.05) is 0 Å². The minimum atomic E-state index is 0.215. The second-order valence-electron chi connectivity index (χ2n) is 3.26. The zero-order chi connectivity index (χ0) is 7.84. The lowest BCUT2D eigenvalue weighted by Gasteiger charge is -1.92. The van der Waals surface area contributed by atoms with Gasteiger partial charge in [-0.15, -0.1) is 0 Å². The van der Waals surface area contributed by atoms with Gasteiger partial charge in [0.15, 0.2) is 5.78 Å². The second-order valence-corrected chi connectivity index (χ2v) is 3.26. The lowest BCUT2D eigenvalue weighted by Crippen LogP contribution is -1.82. The lowest BCUT2D eigenvalue weighted by atomic mass is 10.1. The number of rotatable bonds is 1. The number of nitrogens with zero attached hydrogens (tertiary/aromatic N) is 1. The molecule has 0 radical (unpaired) electrons. The molecule has 0 amide bonds. The molecule has 2 atom stereocenters. The van der Waals surface area contributed by atoms with Crippen LogP contribution in [0.3, 0.4) is 0 Å². The maximum Gasteiger partial charge on any atom is 0.155 e. The van der Waals surface area contributed by atoms with Crippen molar-refractivity contribution in [1.29, 1.82) is 5.26 Å². The first-order chi connectivity index (χ1) is 5.31. The van der Waals surface area contributed by atoms with Gasteiger partial charge in [-0.25, -0.2) is 0 Å². The smallest absolute Gasteiger partial charge is 0.155 e. The molecule has 11 heavy (non-hydrogen) atoms. The van der Waals surface area contributed by atoms with Gasteiger partial charge in [-0.05, 0) is 24.8 Å². The van der Waals surface area contributed by atoms with Crippen LogP contribution in [0.5, 0.6) is 0 Å². The predicted octanol–water partition coefficient (Wildman–Crippen LogP) is 1.44. The summed E-state index contributed by atoms with van der Waals surface area (Å²) in [4.78, 5) is 10.8. The van der Waals surface area contributed by atoms with Gasteiger partial charge in [0.2, 0.25) is 0 Å². The predicted molar refractivity (Wildman–Crippen MR) is 39.5 cm³/mol. The maximum absolute atomic E-state index is 10.8. The summed E-state index contributed by atoms with van der Waals surface area (Å²) < 4.78 is 0. The molecule has 2 heteroatoms. The fourth-order valence-electron chi connectivity index (χ4n) is 1.66. The van der Waals surface area contributed by atoms with E-state index in [1.165, 1.54) is 5.57 Å². The number of nitriles is 1. The van der Waals surface area contributed by atoms with E-state index in [0.29, 0.717) is 12.3 Å². The Balaban J connectivity index is 2.05. The minimum Gasteiger partial charge on any atom is -0.295 e. The molecule has 0 heterocycles. The van der Waals surface area contributed by atoms with E-state index in [4.69, 9.17) is 5.26 Å². The molecule has 0 aliphatic heterocycles. The van der Waals surface area contributed by atoms with Gasteiger partial charge in [-0.3, -0.25) is 4.79 Å². The van der Waals surface area contributed by atoms with Crippen molar-refractivity contribution in [2.75, 3.05) is 0 Å². The van der Waals surface area contributed by atoms with Crippen molar-refractivity contribution in [3.63, 3.8) is 0 Å². The van der Waals surface area contributed by atoms with E-state index in [-0.39, 0.29) is 11.7 Å². The molecule has 56 valence electrons. The number of carbonyl (C=O) groups is 1. The number of hydrogen-bond acceptors (Lipinski definition) is 2. The van der Waals surface area contributed by atoms with Crippen LogP contribution in [0.4, 0.5) is 0 Å². The summed E-state index contributed by atoms with van der Waals surface area (Å²) in [6, 6.07) is 2.23. The molecule has 2 nitrogen and oxygen atoms in total. The van der Waals surface area contributed by atoms with E-state index in [9.17, 15) is 4.79 Å². The van der Waals surface area contributed by atoms with Crippen molar-refractivity contribution in [3.8, 4) is 6.07 Å². The van der Waals surface area contributed by atoms with E-state index in [2.05, 4.69) is 6.07 Å². The van der Waals surface area contributed by atoms with Gasteiger partial charge in [-0.1, -0.05) is 5.57 Å². The van der Waals surface area contributed by atoms with Crippen LogP contribution in [-0.4, -0.2) is 5.78 Å². The highest BCUT2D eigenvalue weighted by Crippen LogP contribution is 2.46.